The van der Waals surface area contributed by atoms with Crippen LogP contribution in [-0.2, 0) is 16.0 Å². The van der Waals surface area contributed by atoms with Crippen molar-refractivity contribution in [2.75, 3.05) is 45.4 Å². The van der Waals surface area contributed by atoms with E-state index in [1.165, 1.54) is 0 Å². The van der Waals surface area contributed by atoms with E-state index in [2.05, 4.69) is 22.6 Å². The molecular weight excluding hydrogens is 432 g/mol. The van der Waals surface area contributed by atoms with Crippen molar-refractivity contribution in [3.63, 3.8) is 0 Å². The van der Waals surface area contributed by atoms with Gasteiger partial charge in [-0.3, -0.25) is 9.59 Å². The maximum atomic E-state index is 13.3. The zero-order chi connectivity index (χ0) is 24.1. The number of nitrogens with one attached hydrogen (secondary N) is 2. The minimum absolute atomic E-state index is 0.0218. The minimum Gasteiger partial charge on any atom is -0.493 e. The molecule has 2 aromatic rings. The predicted octanol–water partition coefficient (Wildman–Crippen LogP) is 2.24. The smallest absolute Gasteiger partial charge is 0.247 e. The summed E-state index contributed by atoms with van der Waals surface area (Å²) in [6, 6.07) is 15.1. The number of hydrazine groups is 1. The molecule has 2 N–H and O–H groups in total. The molecule has 2 aromatic carbocycles. The molecule has 4 rings (SSSR count). The van der Waals surface area contributed by atoms with Crippen LogP contribution < -0.4 is 25.2 Å². The second-order valence-electron chi connectivity index (χ2n) is 8.87. The molecule has 2 saturated heterocycles. The zero-order valence-corrected chi connectivity index (χ0v) is 20.1. The molecule has 0 bridgehead atoms. The first-order chi connectivity index (χ1) is 16.5. The van der Waals surface area contributed by atoms with Crippen molar-refractivity contribution >= 4 is 17.5 Å². The molecule has 8 heteroatoms. The van der Waals surface area contributed by atoms with Crippen molar-refractivity contribution in [1.82, 2.24) is 15.6 Å². The first-order valence-corrected chi connectivity index (χ1v) is 11.9. The number of nitrogens with zero attached hydrogens (tertiary/aromatic N) is 2. The Morgan fingerprint density at radius 1 is 1.09 bits per heavy atom. The number of rotatable bonds is 9. The van der Waals surface area contributed by atoms with E-state index in [1.54, 1.807) is 19.2 Å². The highest BCUT2D eigenvalue weighted by atomic mass is 16.5. The summed E-state index contributed by atoms with van der Waals surface area (Å²) in [6.45, 7) is 4.81. The van der Waals surface area contributed by atoms with Crippen LogP contribution in [0.5, 0.6) is 11.5 Å². The molecule has 2 heterocycles. The molecule has 0 aliphatic carbocycles. The van der Waals surface area contributed by atoms with E-state index in [4.69, 9.17) is 9.47 Å². The highest BCUT2D eigenvalue weighted by Crippen LogP contribution is 2.32. The Bertz CT molecular complexity index is 1000. The topological polar surface area (TPSA) is 83.1 Å². The largest absolute Gasteiger partial charge is 0.493 e. The summed E-state index contributed by atoms with van der Waals surface area (Å²) in [7, 11) is 3.22. The molecule has 34 heavy (non-hydrogen) atoms. The number of anilines is 1. The fraction of sp³-hybridized carbons (Fsp3) is 0.462. The number of likely N-dealkylation sites (tertiary alicyclic amines) is 1. The fourth-order valence-electron chi connectivity index (χ4n) is 4.95. The number of carbonyl (C=O) groups is 2. The first-order valence-electron chi connectivity index (χ1n) is 11.9. The normalized spacial score (nSPS) is 22.4. The van der Waals surface area contributed by atoms with Crippen molar-refractivity contribution in [2.24, 2.45) is 11.8 Å². The third-order valence-corrected chi connectivity index (χ3v) is 6.64. The molecule has 2 amide bonds. The van der Waals surface area contributed by atoms with Crippen molar-refractivity contribution in [3.05, 3.63) is 54.1 Å². The maximum absolute atomic E-state index is 13.3. The highest BCUT2D eigenvalue weighted by molar-refractivity contribution is 5.98. The second kappa shape index (κ2) is 10.9. The number of methoxy groups -OCH3 is 2. The Morgan fingerprint density at radius 3 is 2.56 bits per heavy atom. The van der Waals surface area contributed by atoms with E-state index in [0.717, 1.165) is 24.2 Å². The molecule has 2 aliphatic heterocycles. The summed E-state index contributed by atoms with van der Waals surface area (Å²) < 4.78 is 10.7. The number of piperidine rings is 1. The van der Waals surface area contributed by atoms with Gasteiger partial charge in [-0.2, -0.15) is 0 Å². The van der Waals surface area contributed by atoms with Gasteiger partial charge in [0.1, 0.15) is 0 Å². The maximum Gasteiger partial charge on any atom is 0.247 e. The standard InChI is InChI=1S/C26H34N4O4/c1-4-14-29-16-20(24-21(17-29)26(32)30(28-24)19-8-6-5-7-9-19)25(31)27-13-12-18-10-11-22(33-2)23(15-18)34-3/h5-11,15,20-21,24,28H,4,12-14,16-17H2,1-3H3,(H,27,31). The number of amides is 2. The predicted molar refractivity (Wildman–Crippen MR) is 131 cm³/mol. The summed E-state index contributed by atoms with van der Waals surface area (Å²) in [6.07, 6.45) is 1.66. The molecular formula is C26H34N4O4. The average molecular weight is 467 g/mol. The Hall–Kier alpha value is -3.10. The van der Waals surface area contributed by atoms with Crippen LogP contribution >= 0.6 is 0 Å². The molecule has 2 fully saturated rings. The molecule has 8 nitrogen and oxygen atoms in total. The van der Waals surface area contributed by atoms with Gasteiger partial charge in [-0.05, 0) is 49.2 Å². The van der Waals surface area contributed by atoms with Gasteiger partial charge < -0.3 is 19.7 Å². The van der Waals surface area contributed by atoms with Gasteiger partial charge in [0.15, 0.2) is 11.5 Å². The van der Waals surface area contributed by atoms with Crippen molar-refractivity contribution in [3.8, 4) is 11.5 Å². The lowest BCUT2D eigenvalue weighted by atomic mass is 9.84. The van der Waals surface area contributed by atoms with Crippen LogP contribution in [0.3, 0.4) is 0 Å². The highest BCUT2D eigenvalue weighted by Gasteiger charge is 2.50. The lowest BCUT2D eigenvalue weighted by Crippen LogP contribution is -2.57. The Balaban J connectivity index is 1.43. The SMILES string of the molecule is CCCN1CC(C(=O)NCCc2ccc(OC)c(OC)c2)C2NN(c3ccccc3)C(=O)C2C1. The number of para-hydroxylation sites is 1. The van der Waals surface area contributed by atoms with Crippen LogP contribution in [0.4, 0.5) is 5.69 Å². The molecule has 0 saturated carbocycles. The van der Waals surface area contributed by atoms with E-state index >= 15 is 0 Å². The summed E-state index contributed by atoms with van der Waals surface area (Å²) in [4.78, 5) is 28.8. The number of fused-ring (bicyclic) bond motifs is 1. The van der Waals surface area contributed by atoms with E-state index < -0.39 is 0 Å². The van der Waals surface area contributed by atoms with Crippen LogP contribution in [0, 0.1) is 11.8 Å². The lowest BCUT2D eigenvalue weighted by Gasteiger charge is -2.38. The molecule has 2 aliphatic rings. The van der Waals surface area contributed by atoms with Crippen molar-refractivity contribution < 1.29 is 19.1 Å². The van der Waals surface area contributed by atoms with Crippen LogP contribution in [0.2, 0.25) is 0 Å². The molecule has 3 unspecified atom stereocenters. The van der Waals surface area contributed by atoms with Gasteiger partial charge in [0.05, 0.1) is 37.8 Å². The fourth-order valence-corrected chi connectivity index (χ4v) is 4.95. The summed E-state index contributed by atoms with van der Waals surface area (Å²) in [5.41, 5.74) is 5.21. The van der Waals surface area contributed by atoms with Crippen LogP contribution in [-0.4, -0.2) is 63.2 Å². The van der Waals surface area contributed by atoms with Crippen LogP contribution in [0.15, 0.2) is 48.5 Å². The van der Waals surface area contributed by atoms with Gasteiger partial charge >= 0.3 is 0 Å². The molecule has 0 radical (unpaired) electrons. The van der Waals surface area contributed by atoms with Gasteiger partial charge in [-0.1, -0.05) is 31.2 Å². The number of benzene rings is 2. The van der Waals surface area contributed by atoms with Gasteiger partial charge in [0.25, 0.3) is 0 Å². The first kappa shape index (κ1) is 24.0. The molecule has 0 spiro atoms. The van der Waals surface area contributed by atoms with E-state index in [9.17, 15) is 9.59 Å². The Kier molecular flexibility index (Phi) is 7.70. The zero-order valence-electron chi connectivity index (χ0n) is 20.1. The number of hydrogen-bond donors (Lipinski definition) is 2. The lowest BCUT2D eigenvalue weighted by molar-refractivity contribution is -0.129. The summed E-state index contributed by atoms with van der Waals surface area (Å²) in [5, 5.41) is 4.72. The van der Waals surface area contributed by atoms with Gasteiger partial charge in [-0.25, -0.2) is 10.4 Å². The van der Waals surface area contributed by atoms with Crippen molar-refractivity contribution in [1.29, 1.82) is 0 Å². The second-order valence-corrected chi connectivity index (χ2v) is 8.87. The molecule has 182 valence electrons. The summed E-state index contributed by atoms with van der Waals surface area (Å²) >= 11 is 0. The van der Waals surface area contributed by atoms with Crippen LogP contribution in [0.1, 0.15) is 18.9 Å². The number of hydrogen-bond acceptors (Lipinski definition) is 6. The van der Waals surface area contributed by atoms with E-state index in [1.807, 2.05) is 48.5 Å². The van der Waals surface area contributed by atoms with Crippen molar-refractivity contribution in [2.45, 2.75) is 25.8 Å². The quantitative estimate of drug-likeness (QED) is 0.590. The van der Waals surface area contributed by atoms with E-state index in [-0.39, 0.29) is 29.7 Å². The van der Waals surface area contributed by atoms with Gasteiger partial charge in [-0.15, -0.1) is 0 Å². The third kappa shape index (κ3) is 5.03. The summed E-state index contributed by atoms with van der Waals surface area (Å²) in [5.74, 6) is 0.799. The Labute approximate surface area is 201 Å². The monoisotopic (exact) mass is 466 g/mol. The molecule has 3 atom stereocenters. The van der Waals surface area contributed by atoms with Crippen LogP contribution in [0.25, 0.3) is 0 Å². The third-order valence-electron chi connectivity index (χ3n) is 6.64. The average Bonchev–Trinajstić information content (AvgIpc) is 3.20. The number of carbonyl (C=O) groups excluding carboxylic acids is 2. The molecule has 0 aromatic heterocycles. The number of ether oxygens (including phenoxy) is 2. The van der Waals surface area contributed by atoms with E-state index in [0.29, 0.717) is 37.6 Å². The minimum atomic E-state index is -0.312. The van der Waals surface area contributed by atoms with Gasteiger partial charge in [0, 0.05) is 19.6 Å². The Morgan fingerprint density at radius 2 is 1.85 bits per heavy atom. The van der Waals surface area contributed by atoms with Gasteiger partial charge in [0.2, 0.25) is 11.8 Å².